The van der Waals surface area contributed by atoms with Crippen LogP contribution in [0.4, 0.5) is 5.69 Å². The van der Waals surface area contributed by atoms with Gasteiger partial charge in [0.2, 0.25) is 0 Å². The molecule has 2 aromatic heterocycles. The number of anilines is 1. The summed E-state index contributed by atoms with van der Waals surface area (Å²) in [5.41, 5.74) is 4.14. The number of aromatic nitrogens is 2. The topological polar surface area (TPSA) is 42.3 Å². The summed E-state index contributed by atoms with van der Waals surface area (Å²) in [5, 5.41) is 4.18. The van der Waals surface area contributed by atoms with Gasteiger partial charge in [-0.25, -0.2) is 0 Å². The number of thiocarbonyl (C=S) groups is 1. The van der Waals surface area contributed by atoms with Gasteiger partial charge in [0.05, 0.1) is 18.8 Å². The fraction of sp³-hybridized carbons (Fsp3) is 0.120. The Morgan fingerprint density at radius 3 is 2.48 bits per heavy atom. The summed E-state index contributed by atoms with van der Waals surface area (Å²) in [5.74, 6) is 0.791. The molecule has 0 saturated carbocycles. The third-order valence-electron chi connectivity index (χ3n) is 5.55. The molecule has 0 radical (unpaired) electrons. The van der Waals surface area contributed by atoms with Crippen molar-refractivity contribution in [2.75, 3.05) is 12.0 Å². The number of methoxy groups -OCH3 is 1. The number of rotatable bonds is 5. The molecule has 2 aromatic carbocycles. The molecule has 0 bridgehead atoms. The van der Waals surface area contributed by atoms with E-state index in [0.717, 1.165) is 28.5 Å². The zero-order valence-electron chi connectivity index (χ0n) is 17.1. The van der Waals surface area contributed by atoms with Crippen molar-refractivity contribution < 1.29 is 4.74 Å². The molecule has 154 valence electrons. The van der Waals surface area contributed by atoms with E-state index in [1.165, 1.54) is 0 Å². The Hall–Kier alpha value is -3.64. The molecular formula is C25H22N4OS. The van der Waals surface area contributed by atoms with E-state index >= 15 is 0 Å². The molecule has 1 aliphatic heterocycles. The predicted octanol–water partition coefficient (Wildman–Crippen LogP) is 5.06. The molecule has 5 nitrogen and oxygen atoms in total. The lowest BCUT2D eigenvalue weighted by Crippen LogP contribution is -2.30. The summed E-state index contributed by atoms with van der Waals surface area (Å²) in [4.78, 5) is 6.80. The Kier molecular flexibility index (Phi) is 5.14. The van der Waals surface area contributed by atoms with Gasteiger partial charge in [-0.15, -0.1) is 0 Å². The van der Waals surface area contributed by atoms with Gasteiger partial charge in [-0.3, -0.25) is 4.98 Å². The highest BCUT2D eigenvalue weighted by molar-refractivity contribution is 7.80. The largest absolute Gasteiger partial charge is 0.497 e. The normalized spacial score (nSPS) is 18.1. The minimum absolute atomic E-state index is 0.0929. The van der Waals surface area contributed by atoms with Gasteiger partial charge in [0.1, 0.15) is 11.8 Å². The molecule has 3 heterocycles. The van der Waals surface area contributed by atoms with Gasteiger partial charge in [-0.1, -0.05) is 30.3 Å². The lowest BCUT2D eigenvalue weighted by Gasteiger charge is -2.29. The molecule has 0 aliphatic carbocycles. The van der Waals surface area contributed by atoms with E-state index in [2.05, 4.69) is 56.3 Å². The SMILES string of the molecule is COc1cccc(N2C(=S)N[C@H](c3ccccn3)[C@@H]2c2cccn2-c2ccccc2)c1. The molecule has 5 rings (SSSR count). The highest BCUT2D eigenvalue weighted by atomic mass is 32.1. The second-order valence-corrected chi connectivity index (χ2v) is 7.72. The third kappa shape index (κ3) is 3.55. The molecule has 1 saturated heterocycles. The van der Waals surface area contributed by atoms with Crippen LogP contribution in [0.3, 0.4) is 0 Å². The fourth-order valence-corrected chi connectivity index (χ4v) is 4.50. The van der Waals surface area contributed by atoms with Crippen molar-refractivity contribution in [2.45, 2.75) is 12.1 Å². The number of hydrogen-bond donors (Lipinski definition) is 1. The van der Waals surface area contributed by atoms with Crippen molar-refractivity contribution in [2.24, 2.45) is 0 Å². The zero-order chi connectivity index (χ0) is 21.2. The molecule has 6 heteroatoms. The standard InChI is InChI=1S/C25H22N4OS/c1-30-20-12-7-11-19(17-20)29-24(23(27-25(29)31)21-13-5-6-15-26-21)22-14-8-16-28(22)18-9-3-2-4-10-18/h2-17,23-24H,1H3,(H,27,31)/t23-,24+/m1/s1. The Morgan fingerprint density at radius 1 is 0.903 bits per heavy atom. The molecule has 4 aromatic rings. The molecule has 1 N–H and O–H groups in total. The number of para-hydroxylation sites is 1. The van der Waals surface area contributed by atoms with Crippen LogP contribution in [0.25, 0.3) is 5.69 Å². The van der Waals surface area contributed by atoms with Crippen molar-refractivity contribution >= 4 is 23.0 Å². The summed E-state index contributed by atoms with van der Waals surface area (Å²) >= 11 is 5.83. The van der Waals surface area contributed by atoms with Crippen LogP contribution in [0.1, 0.15) is 23.5 Å². The Labute approximate surface area is 186 Å². The van der Waals surface area contributed by atoms with E-state index in [9.17, 15) is 0 Å². The Bertz CT molecular complexity index is 1190. The lowest BCUT2D eigenvalue weighted by atomic mass is 10.0. The maximum Gasteiger partial charge on any atom is 0.174 e. The molecule has 2 atom stereocenters. The van der Waals surface area contributed by atoms with E-state index in [-0.39, 0.29) is 12.1 Å². The summed E-state index contributed by atoms with van der Waals surface area (Å²) < 4.78 is 7.68. The first-order valence-electron chi connectivity index (χ1n) is 10.1. The number of hydrogen-bond acceptors (Lipinski definition) is 3. The molecule has 0 spiro atoms. The zero-order valence-corrected chi connectivity index (χ0v) is 17.9. The van der Waals surface area contributed by atoms with Crippen LogP contribution in [0.2, 0.25) is 0 Å². The number of ether oxygens (including phenoxy) is 1. The minimum Gasteiger partial charge on any atom is -0.497 e. The molecular weight excluding hydrogens is 404 g/mol. The quantitative estimate of drug-likeness (QED) is 0.452. The second-order valence-electron chi connectivity index (χ2n) is 7.34. The predicted molar refractivity (Wildman–Crippen MR) is 127 cm³/mol. The Morgan fingerprint density at radius 2 is 1.71 bits per heavy atom. The van der Waals surface area contributed by atoms with E-state index < -0.39 is 0 Å². The lowest BCUT2D eigenvalue weighted by molar-refractivity contribution is 0.414. The van der Waals surface area contributed by atoms with Gasteiger partial charge in [-0.05, 0) is 60.7 Å². The third-order valence-corrected chi connectivity index (χ3v) is 5.86. The molecule has 0 amide bonds. The first-order valence-corrected chi connectivity index (χ1v) is 10.5. The van der Waals surface area contributed by atoms with Crippen LogP contribution in [0.5, 0.6) is 5.75 Å². The molecule has 31 heavy (non-hydrogen) atoms. The van der Waals surface area contributed by atoms with Crippen LogP contribution in [-0.2, 0) is 0 Å². The monoisotopic (exact) mass is 426 g/mol. The van der Waals surface area contributed by atoms with Gasteiger partial charge in [0, 0.05) is 35.5 Å². The molecule has 0 unspecified atom stereocenters. The minimum atomic E-state index is -0.0998. The number of benzene rings is 2. The van der Waals surface area contributed by atoms with Crippen LogP contribution in [-0.4, -0.2) is 21.8 Å². The van der Waals surface area contributed by atoms with E-state index in [1.807, 2.05) is 60.8 Å². The summed E-state index contributed by atoms with van der Waals surface area (Å²) in [6, 6.07) is 28.3. The van der Waals surface area contributed by atoms with Crippen molar-refractivity contribution in [3.63, 3.8) is 0 Å². The maximum atomic E-state index is 5.83. The van der Waals surface area contributed by atoms with Gasteiger partial charge < -0.3 is 19.5 Å². The number of nitrogens with one attached hydrogen (secondary N) is 1. The summed E-state index contributed by atoms with van der Waals surface area (Å²) in [7, 11) is 1.67. The molecule has 1 aliphatic rings. The first-order chi connectivity index (χ1) is 15.3. The number of nitrogens with zero attached hydrogens (tertiary/aromatic N) is 3. The summed E-state index contributed by atoms with van der Waals surface area (Å²) in [6.45, 7) is 0. The van der Waals surface area contributed by atoms with Crippen LogP contribution < -0.4 is 15.0 Å². The highest BCUT2D eigenvalue weighted by Crippen LogP contribution is 2.42. The fourth-order valence-electron chi connectivity index (χ4n) is 4.15. The van der Waals surface area contributed by atoms with E-state index in [4.69, 9.17) is 17.0 Å². The van der Waals surface area contributed by atoms with E-state index in [0.29, 0.717) is 5.11 Å². The number of pyridine rings is 1. The van der Waals surface area contributed by atoms with Crippen LogP contribution in [0.15, 0.2) is 97.3 Å². The van der Waals surface area contributed by atoms with Crippen LogP contribution >= 0.6 is 12.2 Å². The van der Waals surface area contributed by atoms with Gasteiger partial charge in [0.15, 0.2) is 5.11 Å². The smallest absolute Gasteiger partial charge is 0.174 e. The van der Waals surface area contributed by atoms with Crippen molar-refractivity contribution in [3.8, 4) is 11.4 Å². The van der Waals surface area contributed by atoms with Gasteiger partial charge in [-0.2, -0.15) is 0 Å². The first kappa shape index (κ1) is 19.3. The van der Waals surface area contributed by atoms with Crippen molar-refractivity contribution in [3.05, 3.63) is 109 Å². The van der Waals surface area contributed by atoms with Crippen LogP contribution in [0, 0.1) is 0 Å². The highest BCUT2D eigenvalue weighted by Gasteiger charge is 2.42. The average Bonchev–Trinajstić information content (AvgIpc) is 3.44. The summed E-state index contributed by atoms with van der Waals surface area (Å²) in [6.07, 6.45) is 3.91. The van der Waals surface area contributed by atoms with Crippen molar-refractivity contribution in [1.82, 2.24) is 14.9 Å². The van der Waals surface area contributed by atoms with Gasteiger partial charge in [0.25, 0.3) is 0 Å². The van der Waals surface area contributed by atoms with E-state index in [1.54, 1.807) is 7.11 Å². The van der Waals surface area contributed by atoms with Gasteiger partial charge >= 0.3 is 0 Å². The molecule has 1 fully saturated rings. The maximum absolute atomic E-state index is 5.83. The Balaban J connectivity index is 1.67. The second kappa shape index (κ2) is 8.24. The van der Waals surface area contributed by atoms with Crippen molar-refractivity contribution in [1.29, 1.82) is 0 Å². The average molecular weight is 427 g/mol.